The van der Waals surface area contributed by atoms with Crippen molar-refractivity contribution in [3.05, 3.63) is 54.1 Å². The SMILES string of the molecule is CCCC(=O)Nc1ccccc1-c1nc(-c2ccc(C)cc2)no1. The summed E-state index contributed by atoms with van der Waals surface area (Å²) in [4.78, 5) is 16.3. The summed E-state index contributed by atoms with van der Waals surface area (Å²) < 4.78 is 5.41. The van der Waals surface area contributed by atoms with Crippen LogP contribution in [0.3, 0.4) is 0 Å². The predicted molar refractivity (Wildman–Crippen MR) is 93.4 cm³/mol. The molecule has 0 saturated heterocycles. The van der Waals surface area contributed by atoms with E-state index in [-0.39, 0.29) is 5.91 Å². The third-order valence-electron chi connectivity index (χ3n) is 3.64. The number of rotatable bonds is 5. The van der Waals surface area contributed by atoms with Crippen LogP contribution in [-0.4, -0.2) is 16.0 Å². The summed E-state index contributed by atoms with van der Waals surface area (Å²) in [6.07, 6.45) is 1.28. The number of carbonyl (C=O) groups excluding carboxylic acids is 1. The van der Waals surface area contributed by atoms with Gasteiger partial charge in [-0.25, -0.2) is 0 Å². The highest BCUT2D eigenvalue weighted by Crippen LogP contribution is 2.28. The lowest BCUT2D eigenvalue weighted by Crippen LogP contribution is -2.11. The molecule has 0 radical (unpaired) electrons. The van der Waals surface area contributed by atoms with E-state index in [9.17, 15) is 4.79 Å². The second-order valence-electron chi connectivity index (χ2n) is 5.63. The van der Waals surface area contributed by atoms with Crippen LogP contribution < -0.4 is 5.32 Å². The molecule has 5 heteroatoms. The van der Waals surface area contributed by atoms with Crippen molar-refractivity contribution in [2.75, 3.05) is 5.32 Å². The van der Waals surface area contributed by atoms with E-state index in [0.717, 1.165) is 12.0 Å². The Morgan fingerprint density at radius 1 is 1.12 bits per heavy atom. The van der Waals surface area contributed by atoms with Gasteiger partial charge in [0.25, 0.3) is 5.89 Å². The van der Waals surface area contributed by atoms with Gasteiger partial charge in [0.1, 0.15) is 0 Å². The van der Waals surface area contributed by atoms with Gasteiger partial charge in [-0.3, -0.25) is 4.79 Å². The van der Waals surface area contributed by atoms with Gasteiger partial charge in [-0.05, 0) is 25.5 Å². The number of benzene rings is 2. The van der Waals surface area contributed by atoms with E-state index in [2.05, 4.69) is 15.5 Å². The second kappa shape index (κ2) is 7.08. The zero-order chi connectivity index (χ0) is 16.9. The summed E-state index contributed by atoms with van der Waals surface area (Å²) in [6, 6.07) is 15.3. The minimum atomic E-state index is -0.0248. The zero-order valence-corrected chi connectivity index (χ0v) is 13.7. The van der Waals surface area contributed by atoms with Crippen molar-refractivity contribution < 1.29 is 9.32 Å². The number of hydrogen-bond donors (Lipinski definition) is 1. The Balaban J connectivity index is 1.90. The highest BCUT2D eigenvalue weighted by Gasteiger charge is 2.15. The number of nitrogens with zero attached hydrogens (tertiary/aromatic N) is 2. The number of para-hydroxylation sites is 1. The standard InChI is InChI=1S/C19H19N3O2/c1-3-6-17(23)20-16-8-5-4-7-15(16)19-21-18(22-24-19)14-11-9-13(2)10-12-14/h4-5,7-12H,3,6H2,1-2H3,(H,20,23). The van der Waals surface area contributed by atoms with E-state index in [1.807, 2.05) is 62.4 Å². The molecule has 0 bridgehead atoms. The molecule has 1 amide bonds. The zero-order valence-electron chi connectivity index (χ0n) is 13.7. The Labute approximate surface area is 140 Å². The lowest BCUT2D eigenvalue weighted by molar-refractivity contribution is -0.116. The summed E-state index contributed by atoms with van der Waals surface area (Å²) in [5.41, 5.74) is 3.46. The first-order valence-corrected chi connectivity index (χ1v) is 7.97. The number of hydrogen-bond acceptors (Lipinski definition) is 4. The van der Waals surface area contributed by atoms with Gasteiger partial charge >= 0.3 is 0 Å². The molecule has 2 aromatic carbocycles. The fourth-order valence-electron chi connectivity index (χ4n) is 2.37. The van der Waals surface area contributed by atoms with E-state index in [4.69, 9.17) is 4.52 Å². The normalized spacial score (nSPS) is 10.6. The average molecular weight is 321 g/mol. The van der Waals surface area contributed by atoms with Crippen molar-refractivity contribution in [3.8, 4) is 22.8 Å². The van der Waals surface area contributed by atoms with Gasteiger partial charge in [-0.1, -0.05) is 54.0 Å². The van der Waals surface area contributed by atoms with Gasteiger partial charge in [0.15, 0.2) is 0 Å². The van der Waals surface area contributed by atoms with Crippen LogP contribution in [0.5, 0.6) is 0 Å². The Hall–Kier alpha value is -2.95. The molecule has 24 heavy (non-hydrogen) atoms. The molecule has 122 valence electrons. The third kappa shape index (κ3) is 3.51. The molecule has 0 saturated carbocycles. The number of anilines is 1. The van der Waals surface area contributed by atoms with Gasteiger partial charge in [0.05, 0.1) is 11.3 Å². The Bertz CT molecular complexity index is 838. The monoisotopic (exact) mass is 321 g/mol. The highest BCUT2D eigenvalue weighted by molar-refractivity contribution is 5.94. The molecule has 0 spiro atoms. The maximum Gasteiger partial charge on any atom is 0.260 e. The smallest absolute Gasteiger partial charge is 0.260 e. The van der Waals surface area contributed by atoms with Crippen molar-refractivity contribution in [1.29, 1.82) is 0 Å². The molecule has 1 heterocycles. The summed E-state index contributed by atoms with van der Waals surface area (Å²) in [5.74, 6) is 0.890. The van der Waals surface area contributed by atoms with Crippen LogP contribution in [-0.2, 0) is 4.79 Å². The van der Waals surface area contributed by atoms with Crippen LogP contribution in [0.25, 0.3) is 22.8 Å². The predicted octanol–water partition coefficient (Wildman–Crippen LogP) is 4.45. The Kier molecular flexibility index (Phi) is 4.70. The van der Waals surface area contributed by atoms with Gasteiger partial charge in [-0.15, -0.1) is 0 Å². The molecule has 5 nitrogen and oxygen atoms in total. The quantitative estimate of drug-likeness (QED) is 0.754. The molecule has 1 N–H and O–H groups in total. The molecule has 0 fully saturated rings. The fourth-order valence-corrected chi connectivity index (χ4v) is 2.37. The Morgan fingerprint density at radius 3 is 2.62 bits per heavy atom. The van der Waals surface area contributed by atoms with Crippen LogP contribution in [0.2, 0.25) is 0 Å². The van der Waals surface area contributed by atoms with Gasteiger partial charge in [0.2, 0.25) is 11.7 Å². The summed E-state index contributed by atoms with van der Waals surface area (Å²) >= 11 is 0. The van der Waals surface area contributed by atoms with E-state index >= 15 is 0 Å². The van der Waals surface area contributed by atoms with Crippen molar-refractivity contribution >= 4 is 11.6 Å². The average Bonchev–Trinajstić information content (AvgIpc) is 3.06. The van der Waals surface area contributed by atoms with Crippen LogP contribution in [0.4, 0.5) is 5.69 Å². The first-order valence-electron chi connectivity index (χ1n) is 7.97. The lowest BCUT2D eigenvalue weighted by atomic mass is 10.1. The summed E-state index contributed by atoms with van der Waals surface area (Å²) in [7, 11) is 0. The minimum Gasteiger partial charge on any atom is -0.334 e. The number of carbonyl (C=O) groups is 1. The molecule has 0 aliphatic heterocycles. The van der Waals surface area contributed by atoms with E-state index in [1.165, 1.54) is 5.56 Å². The van der Waals surface area contributed by atoms with Crippen LogP contribution in [0, 0.1) is 6.92 Å². The number of aryl methyl sites for hydroxylation is 1. The first kappa shape index (κ1) is 15.9. The van der Waals surface area contributed by atoms with Gasteiger partial charge in [-0.2, -0.15) is 4.98 Å². The molecule has 0 aliphatic rings. The highest BCUT2D eigenvalue weighted by atomic mass is 16.5. The van der Waals surface area contributed by atoms with Gasteiger partial charge in [0, 0.05) is 12.0 Å². The molecule has 3 aromatic rings. The topological polar surface area (TPSA) is 68.0 Å². The second-order valence-corrected chi connectivity index (χ2v) is 5.63. The largest absolute Gasteiger partial charge is 0.334 e. The number of amides is 1. The van der Waals surface area contributed by atoms with Gasteiger partial charge < -0.3 is 9.84 Å². The maximum atomic E-state index is 11.9. The summed E-state index contributed by atoms with van der Waals surface area (Å²) in [5, 5.41) is 6.95. The summed E-state index contributed by atoms with van der Waals surface area (Å²) in [6.45, 7) is 4.00. The molecular formula is C19H19N3O2. The van der Waals surface area contributed by atoms with Crippen LogP contribution in [0.1, 0.15) is 25.3 Å². The van der Waals surface area contributed by atoms with Crippen molar-refractivity contribution in [3.63, 3.8) is 0 Å². The molecule has 0 unspecified atom stereocenters. The van der Waals surface area contributed by atoms with Crippen molar-refractivity contribution in [2.24, 2.45) is 0 Å². The molecule has 1 aromatic heterocycles. The maximum absolute atomic E-state index is 11.9. The molecule has 0 atom stereocenters. The van der Waals surface area contributed by atoms with Crippen molar-refractivity contribution in [1.82, 2.24) is 10.1 Å². The first-order chi connectivity index (χ1) is 11.7. The number of aromatic nitrogens is 2. The van der Waals surface area contributed by atoms with Crippen LogP contribution >= 0.6 is 0 Å². The number of nitrogens with one attached hydrogen (secondary N) is 1. The lowest BCUT2D eigenvalue weighted by Gasteiger charge is -2.07. The Morgan fingerprint density at radius 2 is 1.88 bits per heavy atom. The molecule has 0 aliphatic carbocycles. The third-order valence-corrected chi connectivity index (χ3v) is 3.64. The molecule has 3 rings (SSSR count). The van der Waals surface area contributed by atoms with E-state index < -0.39 is 0 Å². The molecular weight excluding hydrogens is 302 g/mol. The minimum absolute atomic E-state index is 0.0248. The van der Waals surface area contributed by atoms with E-state index in [1.54, 1.807) is 0 Å². The fraction of sp³-hybridized carbons (Fsp3) is 0.211. The van der Waals surface area contributed by atoms with Crippen molar-refractivity contribution in [2.45, 2.75) is 26.7 Å². The van der Waals surface area contributed by atoms with Crippen LogP contribution in [0.15, 0.2) is 53.1 Å². The van der Waals surface area contributed by atoms with E-state index in [0.29, 0.717) is 29.4 Å².